The van der Waals surface area contributed by atoms with Crippen LogP contribution in [0.25, 0.3) is 17.7 Å². The van der Waals surface area contributed by atoms with Gasteiger partial charge >= 0.3 is 0 Å². The highest BCUT2D eigenvalue weighted by molar-refractivity contribution is 6.24. The summed E-state index contributed by atoms with van der Waals surface area (Å²) in [7, 11) is 1.38. The van der Waals surface area contributed by atoms with Gasteiger partial charge in [0.1, 0.15) is 0 Å². The first-order chi connectivity index (χ1) is 13.8. The smallest absolute Gasteiger partial charge is 0.267 e. The molecule has 0 bridgehead atoms. The summed E-state index contributed by atoms with van der Waals surface area (Å²) in [5, 5.41) is 11.3. The Labute approximate surface area is 168 Å². The number of rotatable bonds is 7. The minimum atomic E-state index is -0.636. The molecule has 2 rings (SSSR count). The minimum Gasteiger partial charge on any atom is -0.494 e. The van der Waals surface area contributed by atoms with Crippen molar-refractivity contribution in [2.24, 2.45) is 0 Å². The number of amides is 2. The maximum atomic E-state index is 14.2. The summed E-state index contributed by atoms with van der Waals surface area (Å²) in [5.41, 5.74) is 3.69. The fraction of sp³-hybridized carbons (Fsp3) is 0.182. The van der Waals surface area contributed by atoms with Crippen LogP contribution in [0.4, 0.5) is 4.39 Å². The number of hydrogen-bond acceptors (Lipinski definition) is 4. The molecular formula is C22H23FN2O4. The largest absolute Gasteiger partial charge is 0.494 e. The number of halogens is 1. The maximum Gasteiger partial charge on any atom is 0.267 e. The number of methoxy groups -OCH3 is 1. The summed E-state index contributed by atoms with van der Waals surface area (Å²) < 4.78 is 19.1. The van der Waals surface area contributed by atoms with E-state index >= 15 is 0 Å². The second-order valence-corrected chi connectivity index (χ2v) is 6.51. The zero-order valence-corrected chi connectivity index (χ0v) is 16.4. The van der Waals surface area contributed by atoms with E-state index in [-0.39, 0.29) is 17.7 Å². The minimum absolute atomic E-state index is 0.0841. The summed E-state index contributed by atoms with van der Waals surface area (Å²) in [5.74, 6) is -1.42. The molecule has 0 atom stereocenters. The predicted octanol–water partition coefficient (Wildman–Crippen LogP) is 3.42. The van der Waals surface area contributed by atoms with Gasteiger partial charge in [-0.15, -0.1) is 0 Å². The molecule has 0 unspecified atom stereocenters. The van der Waals surface area contributed by atoms with Crippen LogP contribution in [0.2, 0.25) is 0 Å². The van der Waals surface area contributed by atoms with Crippen LogP contribution in [0.5, 0.6) is 5.75 Å². The molecule has 0 aliphatic heterocycles. The molecule has 0 spiro atoms. The Morgan fingerprint density at radius 1 is 1.10 bits per heavy atom. The van der Waals surface area contributed by atoms with Crippen LogP contribution in [-0.4, -0.2) is 30.2 Å². The van der Waals surface area contributed by atoms with Crippen molar-refractivity contribution in [1.82, 2.24) is 10.8 Å². The van der Waals surface area contributed by atoms with Crippen molar-refractivity contribution in [2.75, 3.05) is 7.11 Å². The van der Waals surface area contributed by atoms with E-state index < -0.39 is 11.7 Å². The van der Waals surface area contributed by atoms with E-state index in [1.165, 1.54) is 36.9 Å². The third-order valence-corrected chi connectivity index (χ3v) is 3.91. The van der Waals surface area contributed by atoms with Gasteiger partial charge in [-0.1, -0.05) is 30.3 Å². The van der Waals surface area contributed by atoms with Crippen LogP contribution in [0.3, 0.4) is 0 Å². The van der Waals surface area contributed by atoms with Crippen molar-refractivity contribution in [1.29, 1.82) is 0 Å². The van der Waals surface area contributed by atoms with Crippen LogP contribution in [0.15, 0.2) is 48.5 Å². The van der Waals surface area contributed by atoms with E-state index in [1.54, 1.807) is 36.4 Å². The van der Waals surface area contributed by atoms with E-state index in [2.05, 4.69) is 5.32 Å². The third-order valence-electron chi connectivity index (χ3n) is 3.91. The Kier molecular flexibility index (Phi) is 7.68. The van der Waals surface area contributed by atoms with Crippen LogP contribution < -0.4 is 15.5 Å². The Morgan fingerprint density at radius 3 is 2.31 bits per heavy atom. The molecule has 0 saturated heterocycles. The van der Waals surface area contributed by atoms with Crippen molar-refractivity contribution < 1.29 is 23.9 Å². The van der Waals surface area contributed by atoms with Gasteiger partial charge in [0.2, 0.25) is 0 Å². The highest BCUT2D eigenvalue weighted by Crippen LogP contribution is 2.25. The summed E-state index contributed by atoms with van der Waals surface area (Å²) in [6.45, 7) is 3.68. The second-order valence-electron chi connectivity index (χ2n) is 6.51. The Hall–Kier alpha value is -3.45. The Balaban J connectivity index is 2.39. The van der Waals surface area contributed by atoms with Crippen molar-refractivity contribution >= 4 is 29.5 Å². The summed E-state index contributed by atoms with van der Waals surface area (Å²) >= 11 is 0. The van der Waals surface area contributed by atoms with Crippen LogP contribution in [0, 0.1) is 5.82 Å². The van der Waals surface area contributed by atoms with Gasteiger partial charge in [-0.3, -0.25) is 14.8 Å². The number of nitrogens with one attached hydrogen (secondary N) is 2. The summed E-state index contributed by atoms with van der Waals surface area (Å²) in [6.07, 6.45) is 4.38. The first kappa shape index (κ1) is 21.8. The monoisotopic (exact) mass is 398 g/mol. The Morgan fingerprint density at radius 2 is 1.76 bits per heavy atom. The highest BCUT2D eigenvalue weighted by atomic mass is 19.1. The van der Waals surface area contributed by atoms with E-state index in [0.29, 0.717) is 11.1 Å². The fourth-order valence-corrected chi connectivity index (χ4v) is 2.53. The molecule has 6 nitrogen and oxygen atoms in total. The quantitative estimate of drug-likeness (QED) is 0.289. The molecule has 0 heterocycles. The van der Waals surface area contributed by atoms with Gasteiger partial charge in [0, 0.05) is 17.7 Å². The molecule has 3 N–H and O–H groups in total. The second kappa shape index (κ2) is 10.2. The molecule has 2 aromatic carbocycles. The van der Waals surface area contributed by atoms with Crippen LogP contribution in [0.1, 0.15) is 30.5 Å². The third kappa shape index (κ3) is 6.29. The average Bonchev–Trinajstić information content (AvgIpc) is 2.70. The molecule has 2 aromatic rings. The lowest BCUT2D eigenvalue weighted by Crippen LogP contribution is -2.30. The molecule has 0 aliphatic carbocycles. The highest BCUT2D eigenvalue weighted by Gasteiger charge is 2.15. The van der Waals surface area contributed by atoms with Gasteiger partial charge in [-0.05, 0) is 54.8 Å². The molecule has 0 saturated carbocycles. The number of carbonyl (C=O) groups is 2. The molecule has 29 heavy (non-hydrogen) atoms. The molecule has 0 aliphatic rings. The summed E-state index contributed by atoms with van der Waals surface area (Å²) in [4.78, 5) is 23.7. The lowest BCUT2D eigenvalue weighted by molar-refractivity contribution is -0.124. The van der Waals surface area contributed by atoms with Gasteiger partial charge < -0.3 is 10.1 Å². The molecule has 0 radical (unpaired) electrons. The molecule has 2 amide bonds. The topological polar surface area (TPSA) is 87.7 Å². The van der Waals surface area contributed by atoms with Crippen molar-refractivity contribution in [2.45, 2.75) is 19.9 Å². The zero-order chi connectivity index (χ0) is 21.4. The van der Waals surface area contributed by atoms with Crippen molar-refractivity contribution in [3.05, 3.63) is 71.0 Å². The molecule has 7 heteroatoms. The first-order valence-electron chi connectivity index (χ1n) is 8.92. The van der Waals surface area contributed by atoms with Crippen molar-refractivity contribution in [3.63, 3.8) is 0 Å². The predicted molar refractivity (Wildman–Crippen MR) is 110 cm³/mol. The Bertz CT molecular complexity index is 934. The van der Waals surface area contributed by atoms with E-state index in [4.69, 9.17) is 9.94 Å². The van der Waals surface area contributed by atoms with Gasteiger partial charge in [0.15, 0.2) is 11.6 Å². The van der Waals surface area contributed by atoms with Crippen LogP contribution >= 0.6 is 0 Å². The maximum absolute atomic E-state index is 14.2. The fourth-order valence-electron chi connectivity index (χ4n) is 2.53. The number of hydroxylamine groups is 1. The molecule has 0 fully saturated rings. The number of benzene rings is 2. The normalized spacial score (nSPS) is 11.6. The van der Waals surface area contributed by atoms with E-state index in [0.717, 1.165) is 11.1 Å². The zero-order valence-electron chi connectivity index (χ0n) is 16.4. The van der Waals surface area contributed by atoms with Gasteiger partial charge in [0.25, 0.3) is 11.8 Å². The standard InChI is InChI=1S/C22H23FN2O4/c1-14(2)24-22(27)18(17-9-10-20(29-3)19(23)13-17)12-16-6-4-15(5-7-16)8-11-21(26)25-28/h4-14,28H,1-3H3,(H,24,27)(H,25,26)/b11-8+,18-12-. The number of carbonyl (C=O) groups excluding carboxylic acids is 2. The molecule has 152 valence electrons. The lowest BCUT2D eigenvalue weighted by Gasteiger charge is -2.13. The number of ether oxygens (including phenoxy) is 1. The SMILES string of the molecule is COc1ccc(/C(=C/c2ccc(/C=C/C(=O)NO)cc2)C(=O)NC(C)C)cc1F. The van der Waals surface area contributed by atoms with Crippen LogP contribution in [-0.2, 0) is 9.59 Å². The van der Waals surface area contributed by atoms with Gasteiger partial charge in [-0.2, -0.15) is 0 Å². The molecular weight excluding hydrogens is 375 g/mol. The van der Waals surface area contributed by atoms with E-state index in [1.807, 2.05) is 13.8 Å². The van der Waals surface area contributed by atoms with Gasteiger partial charge in [-0.25, -0.2) is 9.87 Å². The summed E-state index contributed by atoms with van der Waals surface area (Å²) in [6, 6.07) is 11.3. The molecule has 0 aromatic heterocycles. The lowest BCUT2D eigenvalue weighted by atomic mass is 10.0. The van der Waals surface area contributed by atoms with Crippen molar-refractivity contribution in [3.8, 4) is 5.75 Å². The first-order valence-corrected chi connectivity index (χ1v) is 8.92. The average molecular weight is 398 g/mol. The van der Waals surface area contributed by atoms with Gasteiger partial charge in [0.05, 0.1) is 7.11 Å². The van der Waals surface area contributed by atoms with E-state index in [9.17, 15) is 14.0 Å². The number of hydrogen-bond donors (Lipinski definition) is 3.